The molecule has 5 heteroatoms. The molecule has 0 amide bonds. The number of nitrogens with two attached hydrogens (primary N) is 1. The number of hydrazine groups is 1. The van der Waals surface area contributed by atoms with Gasteiger partial charge in [0.05, 0.1) is 25.0 Å². The highest BCUT2D eigenvalue weighted by Crippen LogP contribution is 2.35. The highest BCUT2D eigenvalue weighted by atomic mass is 16.5. The third kappa shape index (κ3) is 2.38. The Bertz CT molecular complexity index is 558. The first kappa shape index (κ1) is 13.1. The molecule has 5 nitrogen and oxygen atoms in total. The van der Waals surface area contributed by atoms with Gasteiger partial charge in [-0.15, -0.1) is 0 Å². The van der Waals surface area contributed by atoms with Gasteiger partial charge in [0, 0.05) is 12.1 Å². The summed E-state index contributed by atoms with van der Waals surface area (Å²) >= 11 is 0. The van der Waals surface area contributed by atoms with Gasteiger partial charge in [-0.05, 0) is 29.8 Å². The fourth-order valence-corrected chi connectivity index (χ4v) is 2.62. The smallest absolute Gasteiger partial charge is 0.118 e. The molecule has 20 heavy (non-hydrogen) atoms. The summed E-state index contributed by atoms with van der Waals surface area (Å²) < 4.78 is 5.20. The quantitative estimate of drug-likeness (QED) is 0.784. The molecule has 0 aliphatic carbocycles. The molecular formula is C15H18N4O. The highest BCUT2D eigenvalue weighted by Gasteiger charge is 2.36. The van der Waals surface area contributed by atoms with E-state index in [4.69, 9.17) is 10.5 Å². The zero-order chi connectivity index (χ0) is 13.9. The number of ether oxygens (including phenoxy) is 1. The first-order valence-corrected chi connectivity index (χ1v) is 6.61. The van der Waals surface area contributed by atoms with E-state index in [0.717, 1.165) is 17.0 Å². The first-order chi connectivity index (χ1) is 9.79. The van der Waals surface area contributed by atoms with Crippen molar-refractivity contribution in [2.75, 3.05) is 7.11 Å². The summed E-state index contributed by atoms with van der Waals surface area (Å²) in [6.07, 6.45) is 1.64. The Morgan fingerprint density at radius 3 is 2.55 bits per heavy atom. The molecule has 0 bridgehead atoms. The van der Waals surface area contributed by atoms with Gasteiger partial charge in [-0.3, -0.25) is 4.98 Å². The van der Waals surface area contributed by atoms with Crippen LogP contribution in [0, 0.1) is 0 Å². The Hall–Kier alpha value is -1.95. The molecule has 2 aromatic rings. The number of methoxy groups -OCH3 is 1. The molecule has 1 aromatic heterocycles. The van der Waals surface area contributed by atoms with E-state index in [2.05, 4.69) is 15.8 Å². The minimum absolute atomic E-state index is 0.0552. The average Bonchev–Trinajstić information content (AvgIpc) is 2.90. The molecule has 104 valence electrons. The monoisotopic (exact) mass is 270 g/mol. The van der Waals surface area contributed by atoms with E-state index in [1.54, 1.807) is 13.3 Å². The molecule has 1 aliphatic heterocycles. The van der Waals surface area contributed by atoms with Crippen LogP contribution in [0.15, 0.2) is 48.7 Å². The van der Waals surface area contributed by atoms with Crippen molar-refractivity contribution in [2.45, 2.75) is 18.1 Å². The van der Waals surface area contributed by atoms with Gasteiger partial charge >= 0.3 is 0 Å². The van der Waals surface area contributed by atoms with Crippen LogP contribution in [0.3, 0.4) is 0 Å². The Labute approximate surface area is 118 Å². The van der Waals surface area contributed by atoms with Crippen molar-refractivity contribution in [1.29, 1.82) is 0 Å². The van der Waals surface area contributed by atoms with Crippen molar-refractivity contribution >= 4 is 0 Å². The molecule has 0 spiro atoms. The van der Waals surface area contributed by atoms with Crippen LogP contribution >= 0.6 is 0 Å². The van der Waals surface area contributed by atoms with Crippen molar-refractivity contribution in [3.05, 3.63) is 59.9 Å². The second kappa shape index (κ2) is 5.58. The predicted molar refractivity (Wildman–Crippen MR) is 77.0 cm³/mol. The van der Waals surface area contributed by atoms with Gasteiger partial charge in [0.2, 0.25) is 0 Å². The maximum atomic E-state index is 6.18. The first-order valence-electron chi connectivity index (χ1n) is 6.61. The number of pyridine rings is 1. The van der Waals surface area contributed by atoms with Crippen LogP contribution in [-0.4, -0.2) is 18.3 Å². The van der Waals surface area contributed by atoms with Crippen LogP contribution in [0.5, 0.6) is 5.75 Å². The van der Waals surface area contributed by atoms with E-state index < -0.39 is 0 Å². The third-order valence-corrected chi connectivity index (χ3v) is 3.66. The molecule has 1 saturated heterocycles. The second-order valence-electron chi connectivity index (χ2n) is 4.85. The third-order valence-electron chi connectivity index (χ3n) is 3.66. The van der Waals surface area contributed by atoms with Crippen LogP contribution in [0.25, 0.3) is 0 Å². The van der Waals surface area contributed by atoms with Crippen LogP contribution in [0.4, 0.5) is 0 Å². The fourth-order valence-electron chi connectivity index (χ4n) is 2.62. The van der Waals surface area contributed by atoms with Gasteiger partial charge in [-0.2, -0.15) is 0 Å². The van der Waals surface area contributed by atoms with Crippen molar-refractivity contribution in [3.63, 3.8) is 0 Å². The van der Waals surface area contributed by atoms with Gasteiger partial charge < -0.3 is 10.5 Å². The SMILES string of the molecule is COc1ccc(C2C(N)NNC2c2ccccn2)cc1. The number of nitrogens with zero attached hydrogens (tertiary/aromatic N) is 1. The molecule has 3 atom stereocenters. The Morgan fingerprint density at radius 1 is 1.10 bits per heavy atom. The maximum absolute atomic E-state index is 6.18. The minimum atomic E-state index is -0.157. The number of aromatic nitrogens is 1. The Balaban J connectivity index is 1.92. The van der Waals surface area contributed by atoms with Gasteiger partial charge in [-0.25, -0.2) is 10.9 Å². The predicted octanol–water partition coefficient (Wildman–Crippen LogP) is 1.31. The van der Waals surface area contributed by atoms with Crippen molar-refractivity contribution in [2.24, 2.45) is 5.73 Å². The van der Waals surface area contributed by atoms with Crippen molar-refractivity contribution < 1.29 is 4.74 Å². The molecular weight excluding hydrogens is 252 g/mol. The summed E-state index contributed by atoms with van der Waals surface area (Å²) in [6.45, 7) is 0. The molecule has 1 aromatic carbocycles. The number of nitrogens with one attached hydrogen (secondary N) is 2. The van der Waals surface area contributed by atoms with E-state index in [9.17, 15) is 0 Å². The summed E-state index contributed by atoms with van der Waals surface area (Å²) in [7, 11) is 1.66. The molecule has 0 radical (unpaired) electrons. The lowest BCUT2D eigenvalue weighted by molar-refractivity contribution is 0.414. The van der Waals surface area contributed by atoms with E-state index in [0.29, 0.717) is 0 Å². The van der Waals surface area contributed by atoms with Crippen LogP contribution in [0.1, 0.15) is 23.2 Å². The van der Waals surface area contributed by atoms with Crippen molar-refractivity contribution in [1.82, 2.24) is 15.8 Å². The normalized spacial score (nSPS) is 25.6. The molecule has 1 fully saturated rings. The van der Waals surface area contributed by atoms with Gasteiger partial charge in [0.15, 0.2) is 0 Å². The number of rotatable bonds is 3. The minimum Gasteiger partial charge on any atom is -0.497 e. The van der Waals surface area contributed by atoms with E-state index in [1.807, 2.05) is 42.5 Å². The Morgan fingerprint density at radius 2 is 1.90 bits per heavy atom. The van der Waals surface area contributed by atoms with Gasteiger partial charge in [0.1, 0.15) is 5.75 Å². The lowest BCUT2D eigenvalue weighted by Crippen LogP contribution is -2.38. The second-order valence-corrected chi connectivity index (χ2v) is 4.85. The summed E-state index contributed by atoms with van der Waals surface area (Å²) in [5.74, 6) is 0.964. The van der Waals surface area contributed by atoms with E-state index in [-0.39, 0.29) is 18.1 Å². The van der Waals surface area contributed by atoms with E-state index >= 15 is 0 Å². The molecule has 2 heterocycles. The molecule has 4 N–H and O–H groups in total. The lowest BCUT2D eigenvalue weighted by Gasteiger charge is -2.21. The van der Waals surface area contributed by atoms with Gasteiger partial charge in [0.25, 0.3) is 0 Å². The lowest BCUT2D eigenvalue weighted by atomic mass is 9.89. The maximum Gasteiger partial charge on any atom is 0.118 e. The summed E-state index contributed by atoms with van der Waals surface area (Å²) in [5, 5.41) is 0. The molecule has 3 unspecified atom stereocenters. The van der Waals surface area contributed by atoms with Crippen LogP contribution in [0.2, 0.25) is 0 Å². The average molecular weight is 270 g/mol. The molecule has 1 aliphatic rings. The number of benzene rings is 1. The van der Waals surface area contributed by atoms with Crippen molar-refractivity contribution in [3.8, 4) is 5.75 Å². The van der Waals surface area contributed by atoms with Crippen LogP contribution < -0.4 is 21.3 Å². The standard InChI is InChI=1S/C15H18N4O/c1-20-11-7-5-10(6-8-11)13-14(18-19-15(13)16)12-4-2-3-9-17-12/h2-9,13-15,18-19H,16H2,1H3. The summed E-state index contributed by atoms with van der Waals surface area (Å²) in [5.41, 5.74) is 14.6. The molecule has 3 rings (SSSR count). The topological polar surface area (TPSA) is 72.2 Å². The fraction of sp³-hybridized carbons (Fsp3) is 0.267. The highest BCUT2D eigenvalue weighted by molar-refractivity contribution is 5.33. The zero-order valence-corrected chi connectivity index (χ0v) is 11.3. The van der Waals surface area contributed by atoms with E-state index in [1.165, 1.54) is 0 Å². The Kier molecular flexibility index (Phi) is 3.64. The summed E-state index contributed by atoms with van der Waals surface area (Å²) in [6, 6.07) is 14.0. The van der Waals surface area contributed by atoms with Crippen LogP contribution in [-0.2, 0) is 0 Å². The molecule has 0 saturated carbocycles. The largest absolute Gasteiger partial charge is 0.497 e. The number of hydrogen-bond donors (Lipinski definition) is 3. The zero-order valence-electron chi connectivity index (χ0n) is 11.3. The van der Waals surface area contributed by atoms with Gasteiger partial charge in [-0.1, -0.05) is 18.2 Å². The summed E-state index contributed by atoms with van der Waals surface area (Å²) in [4.78, 5) is 4.42. The number of hydrogen-bond acceptors (Lipinski definition) is 5.